The molecule has 2 heterocycles. The molecule has 0 spiro atoms. The second kappa shape index (κ2) is 9.02. The third kappa shape index (κ3) is 3.48. The van der Waals surface area contributed by atoms with E-state index in [4.69, 9.17) is 0 Å². The molecule has 6 nitrogen and oxygen atoms in total. The second-order valence-corrected chi connectivity index (χ2v) is 8.77. The van der Waals surface area contributed by atoms with Crippen molar-refractivity contribution in [2.24, 2.45) is 14.1 Å². The average Bonchev–Trinajstić information content (AvgIpc) is 3.13. The first-order chi connectivity index (χ1) is 17.5. The van der Waals surface area contributed by atoms with Crippen molar-refractivity contribution in [1.82, 2.24) is 9.13 Å². The Hall–Kier alpha value is -4.94. The van der Waals surface area contributed by atoms with Crippen LogP contribution in [0.1, 0.15) is 34.1 Å². The molecule has 5 rings (SSSR count). The van der Waals surface area contributed by atoms with Crippen LogP contribution in [0, 0.1) is 22.7 Å². The molecule has 4 aliphatic rings. The molecule has 0 atom stereocenters. The van der Waals surface area contributed by atoms with Crippen LogP contribution >= 0.6 is 0 Å². The fourth-order valence-corrected chi connectivity index (χ4v) is 5.02. The maximum atomic E-state index is 13.7. The van der Waals surface area contributed by atoms with Crippen molar-refractivity contribution in [3.05, 3.63) is 128 Å². The van der Waals surface area contributed by atoms with Gasteiger partial charge in [-0.05, 0) is 23.3 Å². The average molecular weight is 471 g/mol. The molecule has 0 bridgehead atoms. The monoisotopic (exact) mass is 470 g/mol. The lowest BCUT2D eigenvalue weighted by Gasteiger charge is -2.18. The highest BCUT2D eigenvalue weighted by molar-refractivity contribution is 5.74. The molecule has 0 aromatic heterocycles. The third-order valence-electron chi connectivity index (χ3n) is 6.84. The number of nitrogens with zero attached hydrogens (tertiary/aromatic N) is 4. The fraction of sp³-hybridized carbons (Fsp3) is 0.133. The van der Waals surface area contributed by atoms with Crippen LogP contribution in [0.25, 0.3) is 22.5 Å². The van der Waals surface area contributed by atoms with E-state index in [0.29, 0.717) is 16.7 Å². The van der Waals surface area contributed by atoms with E-state index in [1.54, 1.807) is 35.4 Å². The summed E-state index contributed by atoms with van der Waals surface area (Å²) in [6.07, 6.45) is 0. The van der Waals surface area contributed by atoms with Gasteiger partial charge in [0.1, 0.15) is 0 Å². The molecule has 0 radical (unpaired) electrons. The summed E-state index contributed by atoms with van der Waals surface area (Å²) in [5.74, 6) is -1.55. The van der Waals surface area contributed by atoms with E-state index in [-0.39, 0.29) is 11.1 Å². The van der Waals surface area contributed by atoms with E-state index in [9.17, 15) is 20.1 Å². The molecule has 174 valence electrons. The largest absolute Gasteiger partial charge is 0.311 e. The summed E-state index contributed by atoms with van der Waals surface area (Å²) in [5, 5.41) is 18.6. The van der Waals surface area contributed by atoms with Gasteiger partial charge in [0.15, 0.2) is 5.92 Å². The number of fused-ring (bicyclic) bond motifs is 2. The maximum absolute atomic E-state index is 13.7. The molecule has 1 aromatic rings. The van der Waals surface area contributed by atoms with Crippen LogP contribution in [0.2, 0.25) is 0 Å². The van der Waals surface area contributed by atoms with Gasteiger partial charge in [-0.2, -0.15) is 10.5 Å². The summed E-state index contributed by atoms with van der Waals surface area (Å²) >= 11 is 0. The highest BCUT2D eigenvalue weighted by atomic mass is 16.1. The fourth-order valence-electron chi connectivity index (χ4n) is 5.02. The molecule has 0 saturated heterocycles. The van der Waals surface area contributed by atoms with Gasteiger partial charge in [-0.15, -0.1) is 0 Å². The predicted molar refractivity (Wildman–Crippen MR) is 138 cm³/mol. The normalized spacial score (nSPS) is 11.2. The molecule has 6 heteroatoms. The van der Waals surface area contributed by atoms with Crippen molar-refractivity contribution >= 4 is 0 Å². The smallest absolute Gasteiger partial charge is 0.255 e. The van der Waals surface area contributed by atoms with Gasteiger partial charge in [0, 0.05) is 42.3 Å². The van der Waals surface area contributed by atoms with Gasteiger partial charge in [0.25, 0.3) is 11.1 Å². The number of hydrogen-bond acceptors (Lipinski definition) is 4. The zero-order chi connectivity index (χ0) is 25.4. The minimum absolute atomic E-state index is 0.172. The quantitative estimate of drug-likeness (QED) is 0.384. The van der Waals surface area contributed by atoms with Crippen LogP contribution in [-0.4, -0.2) is 9.13 Å². The minimum atomic E-state index is -0.893. The van der Waals surface area contributed by atoms with Gasteiger partial charge < -0.3 is 9.13 Å². The van der Waals surface area contributed by atoms with Crippen LogP contribution in [0.3, 0.4) is 0 Å². The minimum Gasteiger partial charge on any atom is -0.311 e. The number of rotatable bonds is 4. The molecule has 36 heavy (non-hydrogen) atoms. The van der Waals surface area contributed by atoms with Crippen molar-refractivity contribution in [2.45, 2.75) is 11.8 Å². The number of nitriles is 2. The van der Waals surface area contributed by atoms with Gasteiger partial charge in [0.2, 0.25) is 0 Å². The Morgan fingerprint density at radius 3 is 1.47 bits per heavy atom. The van der Waals surface area contributed by atoms with Crippen molar-refractivity contribution < 1.29 is 0 Å². The first-order valence-electron chi connectivity index (χ1n) is 11.5. The highest BCUT2D eigenvalue weighted by Crippen LogP contribution is 2.40. The van der Waals surface area contributed by atoms with E-state index in [2.05, 4.69) is 0 Å². The molecule has 2 aliphatic carbocycles. The Morgan fingerprint density at radius 2 is 1.03 bits per heavy atom. The Kier molecular flexibility index (Phi) is 5.72. The van der Waals surface area contributed by atoms with Gasteiger partial charge >= 0.3 is 0 Å². The summed E-state index contributed by atoms with van der Waals surface area (Å²) in [4.78, 5) is 27.5. The van der Waals surface area contributed by atoms with Crippen molar-refractivity contribution in [3.63, 3.8) is 0 Å². The molecule has 0 saturated carbocycles. The number of benzene rings is 1. The lowest BCUT2D eigenvalue weighted by molar-refractivity contribution is 0.851. The molecule has 0 fully saturated rings. The van der Waals surface area contributed by atoms with E-state index in [0.717, 1.165) is 28.1 Å². The molecule has 0 amide bonds. The van der Waals surface area contributed by atoms with E-state index in [1.165, 1.54) is 0 Å². The predicted octanol–water partition coefficient (Wildman–Crippen LogP) is 4.60. The zero-order valence-electron chi connectivity index (χ0n) is 19.8. The molecule has 2 aliphatic heterocycles. The van der Waals surface area contributed by atoms with Gasteiger partial charge in [-0.25, -0.2) is 0 Å². The van der Waals surface area contributed by atoms with Crippen LogP contribution in [0.5, 0.6) is 0 Å². The van der Waals surface area contributed by atoms with Crippen LogP contribution < -0.4 is 11.1 Å². The standard InChI is InChI=1S/C30H22N4O2/c1-33-24-11-7-3-5-9-22(24)27(29(33)35)26(20-15-13-19(14-16-20)21(17-31)18-32)28-23-10-6-4-8-12-25(23)34(2)30(28)36/h3-16,21,26H,1-2H3. The van der Waals surface area contributed by atoms with Gasteiger partial charge in [0.05, 0.1) is 23.5 Å². The third-order valence-corrected chi connectivity index (χ3v) is 6.84. The van der Waals surface area contributed by atoms with Crippen LogP contribution in [0.4, 0.5) is 0 Å². The van der Waals surface area contributed by atoms with Crippen molar-refractivity contribution in [3.8, 4) is 34.7 Å². The van der Waals surface area contributed by atoms with Crippen molar-refractivity contribution in [2.75, 3.05) is 0 Å². The van der Waals surface area contributed by atoms with E-state index in [1.807, 2.05) is 84.9 Å². The SMILES string of the molecule is Cn1c2cccccc-2c(C(c2ccc(C(C#N)C#N)cc2)c2c3cccccc-3n(C)c2=O)c1=O. The molecular weight excluding hydrogens is 448 g/mol. The topological polar surface area (TPSA) is 91.6 Å². The molecular formula is C30H22N4O2. The lowest BCUT2D eigenvalue weighted by atomic mass is 9.82. The van der Waals surface area contributed by atoms with Gasteiger partial charge in [-0.3, -0.25) is 9.59 Å². The Balaban J connectivity index is 1.86. The summed E-state index contributed by atoms with van der Waals surface area (Å²) < 4.78 is 3.23. The summed E-state index contributed by atoms with van der Waals surface area (Å²) in [6.45, 7) is 0. The number of hydrogen-bond donors (Lipinski definition) is 0. The Labute approximate surface area is 208 Å². The zero-order valence-corrected chi connectivity index (χ0v) is 19.8. The molecule has 0 unspecified atom stereocenters. The van der Waals surface area contributed by atoms with Crippen LogP contribution in [0.15, 0.2) is 94.5 Å². The summed E-state index contributed by atoms with van der Waals surface area (Å²) in [7, 11) is 3.47. The molecule has 1 aromatic carbocycles. The Morgan fingerprint density at radius 1 is 0.611 bits per heavy atom. The van der Waals surface area contributed by atoms with Gasteiger partial charge in [-0.1, -0.05) is 72.8 Å². The number of aromatic nitrogens is 2. The van der Waals surface area contributed by atoms with Crippen molar-refractivity contribution in [1.29, 1.82) is 10.5 Å². The molecule has 0 N–H and O–H groups in total. The first-order valence-corrected chi connectivity index (χ1v) is 11.5. The maximum Gasteiger partial charge on any atom is 0.255 e. The lowest BCUT2D eigenvalue weighted by Crippen LogP contribution is -2.23. The van der Waals surface area contributed by atoms with Crippen LogP contribution in [-0.2, 0) is 14.1 Å². The van der Waals surface area contributed by atoms with E-state index < -0.39 is 11.8 Å². The summed E-state index contributed by atoms with van der Waals surface area (Å²) in [5.41, 5.74) is 5.08. The summed E-state index contributed by atoms with van der Waals surface area (Å²) in [6, 6.07) is 30.0. The van der Waals surface area contributed by atoms with E-state index >= 15 is 0 Å². The highest BCUT2D eigenvalue weighted by Gasteiger charge is 2.33. The Bertz CT molecular complexity index is 1620. The first kappa shape index (κ1) is 22.8. The second-order valence-electron chi connectivity index (χ2n) is 8.77.